The maximum atomic E-state index is 12.1. The first-order chi connectivity index (χ1) is 10.7. The molecule has 2 heterocycles. The third kappa shape index (κ3) is 2.93. The van der Waals surface area contributed by atoms with E-state index >= 15 is 0 Å². The van der Waals surface area contributed by atoms with Crippen LogP contribution in [0.2, 0.25) is 5.02 Å². The second-order valence-electron chi connectivity index (χ2n) is 4.52. The number of rotatable bonds is 4. The zero-order chi connectivity index (χ0) is 15.5. The van der Waals surface area contributed by atoms with E-state index in [4.69, 9.17) is 11.6 Å². The fourth-order valence-corrected chi connectivity index (χ4v) is 2.93. The minimum Gasteiger partial charge on any atom is -0.301 e. The van der Waals surface area contributed by atoms with Crippen LogP contribution in [-0.4, -0.2) is 25.5 Å². The van der Waals surface area contributed by atoms with Gasteiger partial charge in [-0.1, -0.05) is 41.6 Å². The monoisotopic (exact) mass is 332 g/mol. The van der Waals surface area contributed by atoms with Crippen LogP contribution in [0.5, 0.6) is 0 Å². The first kappa shape index (κ1) is 14.9. The molecule has 22 heavy (non-hydrogen) atoms. The Morgan fingerprint density at radius 2 is 2.32 bits per heavy atom. The largest absolute Gasteiger partial charge is 0.301 e. The number of thioether (sulfide) groups is 1. The molecule has 1 N–H and O–H groups in total. The lowest BCUT2D eigenvalue weighted by Crippen LogP contribution is -2.09. The second-order valence-corrected chi connectivity index (χ2v) is 5.97. The molecule has 0 aliphatic heterocycles. The van der Waals surface area contributed by atoms with Gasteiger partial charge in [0.15, 0.2) is 10.8 Å². The van der Waals surface area contributed by atoms with Crippen molar-refractivity contribution in [2.75, 3.05) is 5.75 Å². The van der Waals surface area contributed by atoms with Crippen molar-refractivity contribution in [3.05, 3.63) is 58.0 Å². The van der Waals surface area contributed by atoms with Gasteiger partial charge in [-0.2, -0.15) is 5.10 Å². The number of fused-ring (bicyclic) bond motifs is 1. The number of allylic oxidation sites excluding steroid dienone is 1. The molecule has 0 aliphatic rings. The van der Waals surface area contributed by atoms with Crippen LogP contribution in [0.3, 0.4) is 0 Å². The Balaban J connectivity index is 2.10. The molecule has 0 radical (unpaired) electrons. The normalized spacial score (nSPS) is 11.5. The van der Waals surface area contributed by atoms with Crippen molar-refractivity contribution >= 4 is 34.4 Å². The average molecular weight is 333 g/mol. The summed E-state index contributed by atoms with van der Waals surface area (Å²) in [5.41, 5.74) is 1.10. The van der Waals surface area contributed by atoms with E-state index in [-0.39, 0.29) is 5.56 Å². The lowest BCUT2D eigenvalue weighted by Gasteiger charge is -2.04. The quantitative estimate of drug-likeness (QED) is 0.451. The van der Waals surface area contributed by atoms with E-state index in [1.54, 1.807) is 16.8 Å². The van der Waals surface area contributed by atoms with Crippen LogP contribution < -0.4 is 5.56 Å². The Morgan fingerprint density at radius 1 is 1.45 bits per heavy atom. The number of halogens is 1. The van der Waals surface area contributed by atoms with E-state index < -0.39 is 0 Å². The van der Waals surface area contributed by atoms with Crippen molar-refractivity contribution < 1.29 is 0 Å². The molecule has 0 atom stereocenters. The maximum Gasteiger partial charge on any atom is 0.262 e. The standard InChI is InChI=1S/C15H13ClN4OS/c1-2-3-7-22-15-18-13-12(14(21)19-15)9-17-20(13)11-6-4-5-10(16)8-11/h2-6,8-9H,7H2,1H3,(H,18,19,21)/b3-2+. The van der Waals surface area contributed by atoms with E-state index in [1.807, 2.05) is 31.2 Å². The molecule has 3 aromatic rings. The van der Waals surface area contributed by atoms with Gasteiger partial charge in [-0.3, -0.25) is 4.79 Å². The molecule has 3 rings (SSSR count). The van der Waals surface area contributed by atoms with Gasteiger partial charge in [0, 0.05) is 10.8 Å². The van der Waals surface area contributed by atoms with Gasteiger partial charge in [-0.05, 0) is 25.1 Å². The molecule has 2 aromatic heterocycles. The fraction of sp³-hybridized carbons (Fsp3) is 0.133. The van der Waals surface area contributed by atoms with Crippen LogP contribution in [-0.2, 0) is 0 Å². The molecule has 1 aromatic carbocycles. The highest BCUT2D eigenvalue weighted by Crippen LogP contribution is 2.19. The van der Waals surface area contributed by atoms with E-state index in [0.29, 0.717) is 21.2 Å². The number of benzene rings is 1. The molecule has 0 fully saturated rings. The van der Waals surface area contributed by atoms with Gasteiger partial charge < -0.3 is 4.98 Å². The summed E-state index contributed by atoms with van der Waals surface area (Å²) in [6.07, 6.45) is 5.48. The van der Waals surface area contributed by atoms with Crippen molar-refractivity contribution in [3.8, 4) is 5.69 Å². The van der Waals surface area contributed by atoms with Crippen LogP contribution in [0.15, 0.2) is 52.6 Å². The van der Waals surface area contributed by atoms with Crippen LogP contribution in [0.25, 0.3) is 16.7 Å². The summed E-state index contributed by atoms with van der Waals surface area (Å²) in [4.78, 5) is 19.4. The second kappa shape index (κ2) is 6.37. The molecule has 0 saturated carbocycles. The molecular formula is C15H13ClN4OS. The van der Waals surface area contributed by atoms with Gasteiger partial charge in [0.05, 0.1) is 11.9 Å². The number of hydrogen-bond donors (Lipinski definition) is 1. The topological polar surface area (TPSA) is 63.6 Å². The first-order valence-electron chi connectivity index (χ1n) is 6.67. The lowest BCUT2D eigenvalue weighted by molar-refractivity contribution is 0.873. The summed E-state index contributed by atoms with van der Waals surface area (Å²) in [5, 5.41) is 5.89. The van der Waals surface area contributed by atoms with Gasteiger partial charge in [0.2, 0.25) is 0 Å². The Labute approximate surface area is 136 Å². The minimum atomic E-state index is -0.193. The Hall–Kier alpha value is -2.05. The predicted octanol–water partition coefficient (Wildman–Crippen LogP) is 3.43. The fourth-order valence-electron chi connectivity index (χ4n) is 1.99. The highest BCUT2D eigenvalue weighted by atomic mass is 35.5. The number of H-pyrrole nitrogens is 1. The highest BCUT2D eigenvalue weighted by Gasteiger charge is 2.11. The predicted molar refractivity (Wildman–Crippen MR) is 90.0 cm³/mol. The molecule has 0 amide bonds. The molecule has 5 nitrogen and oxygen atoms in total. The molecule has 0 aliphatic carbocycles. The summed E-state index contributed by atoms with van der Waals surface area (Å²) in [6.45, 7) is 1.95. The van der Waals surface area contributed by atoms with Gasteiger partial charge in [0.25, 0.3) is 5.56 Å². The van der Waals surface area contributed by atoms with Crippen LogP contribution in [0.1, 0.15) is 6.92 Å². The lowest BCUT2D eigenvalue weighted by atomic mass is 10.3. The van der Waals surface area contributed by atoms with Gasteiger partial charge in [-0.15, -0.1) is 0 Å². The summed E-state index contributed by atoms with van der Waals surface area (Å²) in [7, 11) is 0. The molecule has 0 saturated heterocycles. The summed E-state index contributed by atoms with van der Waals surface area (Å²) in [5.74, 6) is 0.746. The number of aromatic amines is 1. The zero-order valence-corrected chi connectivity index (χ0v) is 13.4. The van der Waals surface area contributed by atoms with Crippen molar-refractivity contribution in [1.29, 1.82) is 0 Å². The number of nitrogens with one attached hydrogen (secondary N) is 1. The smallest absolute Gasteiger partial charge is 0.262 e. The highest BCUT2D eigenvalue weighted by molar-refractivity contribution is 7.99. The maximum absolute atomic E-state index is 12.1. The Kier molecular flexibility index (Phi) is 4.31. The number of nitrogens with zero attached hydrogens (tertiary/aromatic N) is 3. The molecule has 0 spiro atoms. The van der Waals surface area contributed by atoms with Crippen molar-refractivity contribution in [3.63, 3.8) is 0 Å². The SMILES string of the molecule is C/C=C/CSc1nc2c(cnn2-c2cccc(Cl)c2)c(=O)[nH]1. The minimum absolute atomic E-state index is 0.193. The summed E-state index contributed by atoms with van der Waals surface area (Å²) < 4.78 is 1.62. The summed E-state index contributed by atoms with van der Waals surface area (Å²) in [6, 6.07) is 7.27. The zero-order valence-electron chi connectivity index (χ0n) is 11.8. The molecule has 0 bridgehead atoms. The van der Waals surface area contributed by atoms with Gasteiger partial charge in [-0.25, -0.2) is 9.67 Å². The van der Waals surface area contributed by atoms with Crippen LogP contribution in [0.4, 0.5) is 0 Å². The Morgan fingerprint density at radius 3 is 3.09 bits per heavy atom. The van der Waals surface area contributed by atoms with E-state index in [1.165, 1.54) is 18.0 Å². The van der Waals surface area contributed by atoms with Crippen molar-refractivity contribution in [1.82, 2.24) is 19.7 Å². The number of hydrogen-bond acceptors (Lipinski definition) is 4. The van der Waals surface area contributed by atoms with Crippen molar-refractivity contribution in [2.45, 2.75) is 12.1 Å². The van der Waals surface area contributed by atoms with E-state index in [2.05, 4.69) is 15.1 Å². The van der Waals surface area contributed by atoms with E-state index in [0.717, 1.165) is 11.4 Å². The third-order valence-electron chi connectivity index (χ3n) is 3.02. The van der Waals surface area contributed by atoms with Gasteiger partial charge in [0.1, 0.15) is 5.39 Å². The van der Waals surface area contributed by atoms with Crippen LogP contribution >= 0.6 is 23.4 Å². The van der Waals surface area contributed by atoms with Crippen LogP contribution in [0, 0.1) is 0 Å². The third-order valence-corrected chi connectivity index (χ3v) is 4.08. The molecule has 112 valence electrons. The van der Waals surface area contributed by atoms with Gasteiger partial charge >= 0.3 is 0 Å². The van der Waals surface area contributed by atoms with Crippen molar-refractivity contribution in [2.24, 2.45) is 0 Å². The molecule has 0 unspecified atom stereocenters. The average Bonchev–Trinajstić information content (AvgIpc) is 2.92. The van der Waals surface area contributed by atoms with E-state index in [9.17, 15) is 4.79 Å². The molecular weight excluding hydrogens is 320 g/mol. The first-order valence-corrected chi connectivity index (χ1v) is 8.03. The molecule has 7 heteroatoms. The Bertz CT molecular complexity index is 900. The summed E-state index contributed by atoms with van der Waals surface area (Å²) >= 11 is 7.48. The number of aromatic nitrogens is 4.